The number of benzene rings is 2. The highest BCUT2D eigenvalue weighted by atomic mass is 16.7. The maximum Gasteiger partial charge on any atom is 0.506 e. The van der Waals surface area contributed by atoms with Crippen LogP contribution in [0.15, 0.2) is 42.5 Å². The molecule has 0 unspecified atom stereocenters. The first-order valence-corrected chi connectivity index (χ1v) is 5.80. The zero-order valence-corrected chi connectivity index (χ0v) is 9.72. The van der Waals surface area contributed by atoms with Crippen LogP contribution in [0, 0.1) is 0 Å². The van der Waals surface area contributed by atoms with E-state index in [0.29, 0.717) is 0 Å². The van der Waals surface area contributed by atoms with Crippen molar-refractivity contribution in [1.29, 1.82) is 0 Å². The number of hydrogen-bond acceptors (Lipinski definition) is 2. The fourth-order valence-corrected chi connectivity index (χ4v) is 2.50. The van der Waals surface area contributed by atoms with Crippen molar-refractivity contribution in [2.75, 3.05) is 0 Å². The van der Waals surface area contributed by atoms with E-state index in [-0.39, 0.29) is 6.61 Å². The Labute approximate surface area is 105 Å². The molecule has 0 spiro atoms. The summed E-state index contributed by atoms with van der Waals surface area (Å²) in [6.45, 7) is 0.118. The van der Waals surface area contributed by atoms with Gasteiger partial charge in [0.2, 0.25) is 0 Å². The summed E-state index contributed by atoms with van der Waals surface area (Å²) < 4.78 is 4.67. The second kappa shape index (κ2) is 4.18. The number of ether oxygens (including phenoxy) is 1. The molecule has 0 fully saturated rings. The third kappa shape index (κ3) is 1.74. The summed E-state index contributed by atoms with van der Waals surface area (Å²) in [6, 6.07) is 14.2. The van der Waals surface area contributed by atoms with E-state index >= 15 is 0 Å². The molecule has 2 aromatic rings. The lowest BCUT2D eigenvalue weighted by molar-refractivity contribution is 0.0852. The predicted octanol–water partition coefficient (Wildman–Crippen LogP) is 3.45. The summed E-state index contributed by atoms with van der Waals surface area (Å²) in [5.74, 6) is 0. The van der Waals surface area contributed by atoms with Gasteiger partial charge in [0.05, 0.1) is 0 Å². The maximum atomic E-state index is 10.5. The SMILES string of the molecule is O=C(O)OCc1cccc2c1Cc1ccccc1-2. The van der Waals surface area contributed by atoms with Gasteiger partial charge in [-0.1, -0.05) is 42.5 Å². The largest absolute Gasteiger partial charge is 0.506 e. The first kappa shape index (κ1) is 10.8. The molecule has 0 aliphatic heterocycles. The molecular formula is C15H12O3. The van der Waals surface area contributed by atoms with Crippen molar-refractivity contribution in [2.24, 2.45) is 0 Å². The normalized spacial score (nSPS) is 11.8. The van der Waals surface area contributed by atoms with Gasteiger partial charge in [0.25, 0.3) is 0 Å². The minimum Gasteiger partial charge on any atom is -0.450 e. The van der Waals surface area contributed by atoms with Crippen LogP contribution in [0.25, 0.3) is 11.1 Å². The lowest BCUT2D eigenvalue weighted by Crippen LogP contribution is -2.02. The second-order valence-corrected chi connectivity index (χ2v) is 4.33. The first-order valence-electron chi connectivity index (χ1n) is 5.80. The molecule has 0 radical (unpaired) electrons. The van der Waals surface area contributed by atoms with Crippen LogP contribution in [-0.2, 0) is 17.8 Å². The Morgan fingerprint density at radius 3 is 2.72 bits per heavy atom. The van der Waals surface area contributed by atoms with Gasteiger partial charge in [-0.25, -0.2) is 4.79 Å². The van der Waals surface area contributed by atoms with E-state index in [1.54, 1.807) is 0 Å². The lowest BCUT2D eigenvalue weighted by Gasteiger charge is -2.07. The van der Waals surface area contributed by atoms with E-state index < -0.39 is 6.16 Å². The Balaban J connectivity index is 2.00. The molecule has 0 heterocycles. The lowest BCUT2D eigenvalue weighted by atomic mass is 10.0. The van der Waals surface area contributed by atoms with Crippen LogP contribution < -0.4 is 0 Å². The molecule has 1 aliphatic rings. The molecule has 2 aromatic carbocycles. The summed E-state index contributed by atoms with van der Waals surface area (Å²) in [5.41, 5.74) is 5.85. The molecule has 18 heavy (non-hydrogen) atoms. The third-order valence-corrected chi connectivity index (χ3v) is 3.30. The smallest absolute Gasteiger partial charge is 0.450 e. The van der Waals surface area contributed by atoms with Crippen LogP contribution in [0.1, 0.15) is 16.7 Å². The molecule has 3 nitrogen and oxygen atoms in total. The van der Waals surface area contributed by atoms with E-state index in [4.69, 9.17) is 5.11 Å². The van der Waals surface area contributed by atoms with E-state index in [1.165, 1.54) is 22.3 Å². The molecule has 90 valence electrons. The standard InChI is InChI=1S/C15H12O3/c16-15(17)18-9-11-5-3-7-13-12-6-2-1-4-10(12)8-14(11)13/h1-7H,8-9H2,(H,16,17). The Kier molecular flexibility index (Phi) is 2.52. The fourth-order valence-electron chi connectivity index (χ4n) is 2.50. The Morgan fingerprint density at radius 2 is 1.89 bits per heavy atom. The van der Waals surface area contributed by atoms with Gasteiger partial charge in [-0.2, -0.15) is 0 Å². The van der Waals surface area contributed by atoms with Gasteiger partial charge in [0.1, 0.15) is 6.61 Å². The number of carbonyl (C=O) groups is 1. The van der Waals surface area contributed by atoms with Crippen molar-refractivity contribution in [3.63, 3.8) is 0 Å². The summed E-state index contributed by atoms with van der Waals surface area (Å²) in [4.78, 5) is 10.5. The summed E-state index contributed by atoms with van der Waals surface area (Å²) in [5, 5.41) is 8.57. The van der Waals surface area contributed by atoms with Gasteiger partial charge in [-0.3, -0.25) is 0 Å². The molecule has 1 aliphatic carbocycles. The van der Waals surface area contributed by atoms with E-state index in [1.807, 2.05) is 24.3 Å². The van der Waals surface area contributed by atoms with Crippen molar-refractivity contribution in [3.05, 3.63) is 59.2 Å². The van der Waals surface area contributed by atoms with Crippen LogP contribution in [0.3, 0.4) is 0 Å². The average Bonchev–Trinajstić information content (AvgIpc) is 2.75. The number of fused-ring (bicyclic) bond motifs is 3. The minimum atomic E-state index is -1.23. The highest BCUT2D eigenvalue weighted by molar-refractivity contribution is 5.77. The molecule has 1 N–H and O–H groups in total. The number of rotatable bonds is 2. The van der Waals surface area contributed by atoms with Crippen LogP contribution in [0.2, 0.25) is 0 Å². The molecule has 0 amide bonds. The number of carboxylic acid groups (broad SMARTS) is 1. The fraction of sp³-hybridized carbons (Fsp3) is 0.133. The molecule has 3 rings (SSSR count). The van der Waals surface area contributed by atoms with E-state index in [2.05, 4.69) is 22.9 Å². The topological polar surface area (TPSA) is 46.5 Å². The molecule has 0 atom stereocenters. The minimum absolute atomic E-state index is 0.118. The van der Waals surface area contributed by atoms with Gasteiger partial charge in [-0.05, 0) is 34.2 Å². The highest BCUT2D eigenvalue weighted by Crippen LogP contribution is 2.38. The second-order valence-electron chi connectivity index (χ2n) is 4.33. The van der Waals surface area contributed by atoms with Gasteiger partial charge in [-0.15, -0.1) is 0 Å². The maximum absolute atomic E-state index is 10.5. The zero-order chi connectivity index (χ0) is 12.5. The van der Waals surface area contributed by atoms with Gasteiger partial charge in [0, 0.05) is 0 Å². The Bertz CT molecular complexity index is 617. The van der Waals surface area contributed by atoms with E-state index in [9.17, 15) is 4.79 Å². The molecule has 0 aromatic heterocycles. The van der Waals surface area contributed by atoms with E-state index in [0.717, 1.165) is 12.0 Å². The van der Waals surface area contributed by atoms with Crippen molar-refractivity contribution >= 4 is 6.16 Å². The van der Waals surface area contributed by atoms with Gasteiger partial charge in [0.15, 0.2) is 0 Å². The van der Waals surface area contributed by atoms with Crippen LogP contribution in [0.5, 0.6) is 0 Å². The quantitative estimate of drug-likeness (QED) is 0.698. The number of hydrogen-bond donors (Lipinski definition) is 1. The zero-order valence-electron chi connectivity index (χ0n) is 9.72. The molecule has 0 saturated carbocycles. The predicted molar refractivity (Wildman–Crippen MR) is 67.5 cm³/mol. The molecule has 0 bridgehead atoms. The summed E-state index contributed by atoms with van der Waals surface area (Å²) in [6.07, 6.45) is -0.381. The third-order valence-electron chi connectivity index (χ3n) is 3.30. The summed E-state index contributed by atoms with van der Waals surface area (Å²) in [7, 11) is 0. The molecular weight excluding hydrogens is 228 g/mol. The highest BCUT2D eigenvalue weighted by Gasteiger charge is 2.20. The van der Waals surface area contributed by atoms with Crippen molar-refractivity contribution in [1.82, 2.24) is 0 Å². The van der Waals surface area contributed by atoms with Crippen molar-refractivity contribution < 1.29 is 14.6 Å². The van der Waals surface area contributed by atoms with Gasteiger partial charge < -0.3 is 9.84 Å². The van der Waals surface area contributed by atoms with Crippen LogP contribution in [-0.4, -0.2) is 11.3 Å². The monoisotopic (exact) mass is 240 g/mol. The molecule has 0 saturated heterocycles. The van der Waals surface area contributed by atoms with Crippen molar-refractivity contribution in [2.45, 2.75) is 13.0 Å². The van der Waals surface area contributed by atoms with Crippen molar-refractivity contribution in [3.8, 4) is 11.1 Å². The average molecular weight is 240 g/mol. The first-order chi connectivity index (χ1) is 8.75. The Morgan fingerprint density at radius 1 is 1.11 bits per heavy atom. The summed E-state index contributed by atoms with van der Waals surface area (Å²) >= 11 is 0. The molecule has 3 heteroatoms. The van der Waals surface area contributed by atoms with Gasteiger partial charge >= 0.3 is 6.16 Å². The van der Waals surface area contributed by atoms with Crippen LogP contribution >= 0.6 is 0 Å². The Hall–Kier alpha value is -2.29. The van der Waals surface area contributed by atoms with Crippen LogP contribution in [0.4, 0.5) is 4.79 Å².